The molecule has 0 saturated heterocycles. The van der Waals surface area contributed by atoms with E-state index < -0.39 is 0 Å². The third kappa shape index (κ3) is 5.28. The summed E-state index contributed by atoms with van der Waals surface area (Å²) >= 11 is 1.86. The molecule has 0 heterocycles. The zero-order chi connectivity index (χ0) is 11.8. The number of anilines is 1. The Hall–Kier alpha value is -0.870. The molecule has 0 aliphatic heterocycles. The zero-order valence-electron chi connectivity index (χ0n) is 9.98. The van der Waals surface area contributed by atoms with Crippen LogP contribution < -0.4 is 10.5 Å². The predicted octanol–water partition coefficient (Wildman–Crippen LogP) is 1.94. The molecular formula is C12H20N2OS. The second-order valence-corrected chi connectivity index (χ2v) is 4.70. The second-order valence-electron chi connectivity index (χ2n) is 3.72. The lowest BCUT2D eigenvalue weighted by atomic mass is 10.3. The van der Waals surface area contributed by atoms with Crippen LogP contribution in [0.4, 0.5) is 5.69 Å². The van der Waals surface area contributed by atoms with Crippen molar-refractivity contribution in [3.8, 4) is 5.75 Å². The van der Waals surface area contributed by atoms with Crippen LogP contribution in [0.3, 0.4) is 0 Å². The van der Waals surface area contributed by atoms with Crippen molar-refractivity contribution in [3.63, 3.8) is 0 Å². The molecule has 2 N–H and O–H groups in total. The molecular weight excluding hydrogens is 220 g/mol. The number of benzene rings is 1. The maximum atomic E-state index is 5.66. The lowest BCUT2D eigenvalue weighted by molar-refractivity contribution is 0.245. The van der Waals surface area contributed by atoms with E-state index in [0.717, 1.165) is 30.3 Å². The number of nitrogens with zero attached hydrogens (tertiary/aromatic N) is 1. The summed E-state index contributed by atoms with van der Waals surface area (Å²) in [6.45, 7) is 2.74. The van der Waals surface area contributed by atoms with Gasteiger partial charge in [0, 0.05) is 30.6 Å². The van der Waals surface area contributed by atoms with Gasteiger partial charge in [-0.15, -0.1) is 0 Å². The van der Waals surface area contributed by atoms with E-state index in [1.807, 2.05) is 36.0 Å². The highest BCUT2D eigenvalue weighted by molar-refractivity contribution is 7.98. The summed E-state index contributed by atoms with van der Waals surface area (Å²) in [5, 5.41) is 0. The molecule has 0 amide bonds. The van der Waals surface area contributed by atoms with Gasteiger partial charge in [0.15, 0.2) is 0 Å². The van der Waals surface area contributed by atoms with Crippen molar-refractivity contribution in [2.24, 2.45) is 0 Å². The van der Waals surface area contributed by atoms with E-state index >= 15 is 0 Å². The largest absolute Gasteiger partial charge is 0.492 e. The number of rotatable bonds is 7. The second kappa shape index (κ2) is 7.41. The molecule has 0 aliphatic rings. The fourth-order valence-corrected chi connectivity index (χ4v) is 1.78. The average molecular weight is 240 g/mol. The molecule has 3 nitrogen and oxygen atoms in total. The Bertz CT molecular complexity index is 307. The van der Waals surface area contributed by atoms with Gasteiger partial charge in [0.25, 0.3) is 0 Å². The van der Waals surface area contributed by atoms with Gasteiger partial charge in [-0.05, 0) is 25.4 Å². The molecule has 0 bridgehead atoms. The number of nitrogens with two attached hydrogens (primary N) is 1. The van der Waals surface area contributed by atoms with Gasteiger partial charge in [0.05, 0.1) is 0 Å². The van der Waals surface area contributed by atoms with Gasteiger partial charge in [-0.3, -0.25) is 0 Å². The summed E-state index contributed by atoms with van der Waals surface area (Å²) < 4.78 is 5.61. The summed E-state index contributed by atoms with van der Waals surface area (Å²) in [7, 11) is 2.11. The molecule has 1 aromatic carbocycles. The predicted molar refractivity (Wildman–Crippen MR) is 72.2 cm³/mol. The SMILES string of the molecule is CSCCN(C)CCOc1cccc(N)c1. The molecule has 0 saturated carbocycles. The van der Waals surface area contributed by atoms with Gasteiger partial charge < -0.3 is 15.4 Å². The average Bonchev–Trinajstić information content (AvgIpc) is 2.26. The van der Waals surface area contributed by atoms with Crippen LogP contribution in [0.1, 0.15) is 0 Å². The van der Waals surface area contributed by atoms with Crippen LogP contribution in [0.2, 0.25) is 0 Å². The molecule has 16 heavy (non-hydrogen) atoms. The van der Waals surface area contributed by atoms with Crippen molar-refractivity contribution in [3.05, 3.63) is 24.3 Å². The Kier molecular flexibility index (Phi) is 6.11. The van der Waals surface area contributed by atoms with E-state index in [9.17, 15) is 0 Å². The standard InChI is InChI=1S/C12H20N2OS/c1-14(7-9-16-2)6-8-15-12-5-3-4-11(13)10-12/h3-5,10H,6-9,13H2,1-2H3. The molecule has 0 unspecified atom stereocenters. The van der Waals surface area contributed by atoms with Gasteiger partial charge in [0.1, 0.15) is 12.4 Å². The summed E-state index contributed by atoms with van der Waals surface area (Å²) in [6.07, 6.45) is 2.12. The van der Waals surface area contributed by atoms with Crippen molar-refractivity contribution < 1.29 is 4.74 Å². The summed E-state index contributed by atoms with van der Waals surface area (Å²) in [5.74, 6) is 2.01. The van der Waals surface area contributed by atoms with Gasteiger partial charge in [-0.1, -0.05) is 6.07 Å². The Morgan fingerprint density at radius 1 is 1.38 bits per heavy atom. The zero-order valence-corrected chi connectivity index (χ0v) is 10.8. The molecule has 1 rings (SSSR count). The number of ether oxygens (including phenoxy) is 1. The first-order valence-electron chi connectivity index (χ1n) is 5.38. The highest BCUT2D eigenvalue weighted by atomic mass is 32.2. The van der Waals surface area contributed by atoms with Crippen molar-refractivity contribution in [1.29, 1.82) is 0 Å². The van der Waals surface area contributed by atoms with Crippen LogP contribution in [-0.2, 0) is 0 Å². The minimum absolute atomic E-state index is 0.703. The van der Waals surface area contributed by atoms with E-state index in [0.29, 0.717) is 6.61 Å². The van der Waals surface area contributed by atoms with Crippen LogP contribution in [0.25, 0.3) is 0 Å². The third-order valence-electron chi connectivity index (χ3n) is 2.28. The highest BCUT2D eigenvalue weighted by Crippen LogP contribution is 2.14. The lowest BCUT2D eigenvalue weighted by Crippen LogP contribution is -2.26. The number of hydrogen-bond donors (Lipinski definition) is 1. The van der Waals surface area contributed by atoms with Crippen LogP contribution in [0.15, 0.2) is 24.3 Å². The maximum absolute atomic E-state index is 5.66. The number of nitrogen functional groups attached to an aromatic ring is 1. The quantitative estimate of drug-likeness (QED) is 0.739. The van der Waals surface area contributed by atoms with Crippen molar-refractivity contribution in [2.75, 3.05) is 44.5 Å². The normalized spacial score (nSPS) is 10.7. The number of likely N-dealkylation sites (N-methyl/N-ethyl adjacent to an activating group) is 1. The molecule has 0 aromatic heterocycles. The van der Waals surface area contributed by atoms with E-state index in [1.54, 1.807) is 0 Å². The van der Waals surface area contributed by atoms with Gasteiger partial charge in [0.2, 0.25) is 0 Å². The summed E-state index contributed by atoms with van der Waals surface area (Å²) in [4.78, 5) is 2.27. The molecule has 90 valence electrons. The topological polar surface area (TPSA) is 38.5 Å². The minimum atomic E-state index is 0.703. The molecule has 0 atom stereocenters. The van der Waals surface area contributed by atoms with E-state index in [1.165, 1.54) is 0 Å². The van der Waals surface area contributed by atoms with Crippen LogP contribution in [0, 0.1) is 0 Å². The van der Waals surface area contributed by atoms with Crippen molar-refractivity contribution >= 4 is 17.4 Å². The Morgan fingerprint density at radius 2 is 2.19 bits per heavy atom. The van der Waals surface area contributed by atoms with Crippen LogP contribution >= 0.6 is 11.8 Å². The summed E-state index contributed by atoms with van der Waals surface area (Å²) in [6, 6.07) is 7.54. The van der Waals surface area contributed by atoms with Crippen molar-refractivity contribution in [1.82, 2.24) is 4.90 Å². The van der Waals surface area contributed by atoms with E-state index in [-0.39, 0.29) is 0 Å². The van der Waals surface area contributed by atoms with E-state index in [2.05, 4.69) is 18.2 Å². The molecule has 0 radical (unpaired) electrons. The fraction of sp³-hybridized carbons (Fsp3) is 0.500. The van der Waals surface area contributed by atoms with Crippen LogP contribution in [-0.4, -0.2) is 43.7 Å². The van der Waals surface area contributed by atoms with Gasteiger partial charge in [-0.2, -0.15) is 11.8 Å². The van der Waals surface area contributed by atoms with Crippen molar-refractivity contribution in [2.45, 2.75) is 0 Å². The highest BCUT2D eigenvalue weighted by Gasteiger charge is 1.98. The third-order valence-corrected chi connectivity index (χ3v) is 2.87. The minimum Gasteiger partial charge on any atom is -0.492 e. The van der Waals surface area contributed by atoms with Gasteiger partial charge >= 0.3 is 0 Å². The molecule has 1 aromatic rings. The molecule has 0 fully saturated rings. The number of hydrogen-bond acceptors (Lipinski definition) is 4. The summed E-state index contributed by atoms with van der Waals surface area (Å²) in [5.41, 5.74) is 6.41. The first-order chi connectivity index (χ1) is 7.72. The fourth-order valence-electron chi connectivity index (χ4n) is 1.28. The molecule has 4 heteroatoms. The van der Waals surface area contributed by atoms with Crippen LogP contribution in [0.5, 0.6) is 5.75 Å². The molecule has 0 spiro atoms. The Balaban J connectivity index is 2.20. The van der Waals surface area contributed by atoms with Gasteiger partial charge in [-0.25, -0.2) is 0 Å². The monoisotopic (exact) mass is 240 g/mol. The first kappa shape index (κ1) is 13.2. The van der Waals surface area contributed by atoms with E-state index in [4.69, 9.17) is 10.5 Å². The maximum Gasteiger partial charge on any atom is 0.121 e. The first-order valence-corrected chi connectivity index (χ1v) is 6.77. The lowest BCUT2D eigenvalue weighted by Gasteiger charge is -2.16. The smallest absolute Gasteiger partial charge is 0.121 e. The Morgan fingerprint density at radius 3 is 2.88 bits per heavy atom. The Labute approximate surface area is 102 Å². The number of thioether (sulfide) groups is 1. The molecule has 0 aliphatic carbocycles.